The molecule has 0 radical (unpaired) electrons. The lowest BCUT2D eigenvalue weighted by Crippen LogP contribution is -2.23. The number of halogens is 1. The highest BCUT2D eigenvalue weighted by atomic mass is 32.2. The third-order valence-electron chi connectivity index (χ3n) is 3.67. The van der Waals surface area contributed by atoms with Crippen LogP contribution in [0.2, 0.25) is 0 Å². The van der Waals surface area contributed by atoms with Gasteiger partial charge in [0.15, 0.2) is 0 Å². The summed E-state index contributed by atoms with van der Waals surface area (Å²) in [5.41, 5.74) is 0.217. The Bertz CT molecular complexity index is 1100. The lowest BCUT2D eigenvalue weighted by atomic mass is 10.3. The molecule has 1 aromatic heterocycles. The first kappa shape index (κ1) is 19.4. The van der Waals surface area contributed by atoms with Gasteiger partial charge in [-0.15, -0.1) is 0 Å². The van der Waals surface area contributed by atoms with E-state index in [2.05, 4.69) is 9.71 Å². The van der Waals surface area contributed by atoms with Crippen LogP contribution in [0.1, 0.15) is 5.56 Å². The van der Waals surface area contributed by atoms with Crippen molar-refractivity contribution in [2.45, 2.75) is 11.4 Å². The van der Waals surface area contributed by atoms with Crippen molar-refractivity contribution in [3.63, 3.8) is 0 Å². The van der Waals surface area contributed by atoms with E-state index in [0.29, 0.717) is 5.56 Å². The summed E-state index contributed by atoms with van der Waals surface area (Å²) in [5, 5.41) is 10.7. The maximum Gasteiger partial charge on any atom is 0.269 e. The van der Waals surface area contributed by atoms with E-state index in [4.69, 9.17) is 4.74 Å². The fraction of sp³-hybridized carbons (Fsp3) is 0.0556. The molecule has 0 spiro atoms. The summed E-state index contributed by atoms with van der Waals surface area (Å²) < 4.78 is 46.1. The minimum atomic E-state index is -3.91. The molecule has 0 amide bonds. The van der Waals surface area contributed by atoms with Crippen LogP contribution in [0.4, 0.5) is 10.1 Å². The Morgan fingerprint density at radius 3 is 2.54 bits per heavy atom. The fourth-order valence-corrected chi connectivity index (χ4v) is 3.30. The fourth-order valence-electron chi connectivity index (χ4n) is 2.30. The van der Waals surface area contributed by atoms with Crippen LogP contribution in [0.5, 0.6) is 11.6 Å². The average Bonchev–Trinajstić information content (AvgIpc) is 2.67. The molecule has 0 atom stereocenters. The van der Waals surface area contributed by atoms with Gasteiger partial charge in [-0.2, -0.15) is 0 Å². The van der Waals surface area contributed by atoms with Crippen LogP contribution in [-0.2, 0) is 16.6 Å². The van der Waals surface area contributed by atoms with Gasteiger partial charge in [0.05, 0.1) is 9.82 Å². The van der Waals surface area contributed by atoms with Crippen LogP contribution in [0.3, 0.4) is 0 Å². The third kappa shape index (κ3) is 4.67. The molecule has 0 aliphatic rings. The van der Waals surface area contributed by atoms with Crippen molar-refractivity contribution in [2.24, 2.45) is 0 Å². The number of nitrogens with zero attached hydrogens (tertiary/aromatic N) is 2. The number of sulfonamides is 1. The average molecular weight is 403 g/mol. The van der Waals surface area contributed by atoms with E-state index in [1.54, 1.807) is 18.2 Å². The Morgan fingerprint density at radius 1 is 1.11 bits per heavy atom. The van der Waals surface area contributed by atoms with Crippen LogP contribution >= 0.6 is 0 Å². The molecule has 144 valence electrons. The minimum absolute atomic E-state index is 0.116. The van der Waals surface area contributed by atoms with Gasteiger partial charge in [-0.05, 0) is 30.3 Å². The van der Waals surface area contributed by atoms with E-state index < -0.39 is 20.8 Å². The van der Waals surface area contributed by atoms with Gasteiger partial charge < -0.3 is 4.74 Å². The van der Waals surface area contributed by atoms with E-state index in [-0.39, 0.29) is 28.8 Å². The summed E-state index contributed by atoms with van der Waals surface area (Å²) in [5.74, 6) is -0.133. The highest BCUT2D eigenvalue weighted by Gasteiger charge is 2.17. The number of nitrogens with one attached hydrogen (secondary N) is 1. The normalized spacial score (nSPS) is 11.2. The Kier molecular flexibility index (Phi) is 5.62. The molecule has 1 heterocycles. The summed E-state index contributed by atoms with van der Waals surface area (Å²) in [6.07, 6.45) is 1.46. The van der Waals surface area contributed by atoms with Crippen LogP contribution in [0.15, 0.2) is 71.8 Å². The van der Waals surface area contributed by atoms with Gasteiger partial charge in [-0.1, -0.05) is 12.1 Å². The number of benzene rings is 2. The first-order valence-electron chi connectivity index (χ1n) is 7.96. The molecular formula is C18H14FN3O5S. The van der Waals surface area contributed by atoms with Crippen molar-refractivity contribution >= 4 is 15.7 Å². The summed E-state index contributed by atoms with van der Waals surface area (Å²) in [7, 11) is -3.91. The Balaban J connectivity index is 1.76. The Labute approximate surface area is 159 Å². The van der Waals surface area contributed by atoms with Crippen LogP contribution in [0.25, 0.3) is 0 Å². The molecule has 0 fully saturated rings. The molecule has 0 bridgehead atoms. The summed E-state index contributed by atoms with van der Waals surface area (Å²) >= 11 is 0. The monoisotopic (exact) mass is 403 g/mol. The topological polar surface area (TPSA) is 111 Å². The number of hydrogen-bond acceptors (Lipinski definition) is 6. The molecule has 0 aliphatic heterocycles. The van der Waals surface area contributed by atoms with Gasteiger partial charge in [0.25, 0.3) is 5.69 Å². The van der Waals surface area contributed by atoms with Gasteiger partial charge >= 0.3 is 0 Å². The number of non-ortho nitro benzene ring substituents is 1. The van der Waals surface area contributed by atoms with Crippen LogP contribution < -0.4 is 9.46 Å². The number of nitro groups is 1. The molecule has 2 aromatic carbocycles. The van der Waals surface area contributed by atoms with E-state index in [1.807, 2.05) is 0 Å². The summed E-state index contributed by atoms with van der Waals surface area (Å²) in [6.45, 7) is -0.141. The Morgan fingerprint density at radius 2 is 1.86 bits per heavy atom. The maximum atomic E-state index is 13.3. The number of pyridine rings is 1. The van der Waals surface area contributed by atoms with E-state index in [1.165, 1.54) is 24.4 Å². The molecule has 3 aromatic rings. The zero-order chi connectivity index (χ0) is 20.1. The smallest absolute Gasteiger partial charge is 0.269 e. The van der Waals surface area contributed by atoms with Crippen LogP contribution in [0, 0.1) is 15.9 Å². The van der Waals surface area contributed by atoms with Gasteiger partial charge in [0.2, 0.25) is 15.9 Å². The minimum Gasteiger partial charge on any atom is -0.439 e. The van der Waals surface area contributed by atoms with Crippen molar-refractivity contribution in [2.75, 3.05) is 0 Å². The van der Waals surface area contributed by atoms with Crippen molar-refractivity contribution < 1.29 is 22.5 Å². The molecule has 0 aliphatic carbocycles. The number of hydrogen-bond donors (Lipinski definition) is 1. The van der Waals surface area contributed by atoms with Crippen molar-refractivity contribution in [1.82, 2.24) is 9.71 Å². The molecule has 3 rings (SSSR count). The van der Waals surface area contributed by atoms with E-state index in [0.717, 1.165) is 24.3 Å². The molecular weight excluding hydrogens is 389 g/mol. The zero-order valence-corrected chi connectivity index (χ0v) is 15.1. The van der Waals surface area contributed by atoms with Crippen molar-refractivity contribution in [1.29, 1.82) is 0 Å². The lowest BCUT2D eigenvalue weighted by Gasteiger charge is -2.11. The molecule has 10 heteroatoms. The van der Waals surface area contributed by atoms with Crippen molar-refractivity contribution in [3.8, 4) is 11.6 Å². The predicted molar refractivity (Wildman–Crippen MR) is 97.8 cm³/mol. The first-order valence-corrected chi connectivity index (χ1v) is 9.45. The third-order valence-corrected chi connectivity index (χ3v) is 5.09. The summed E-state index contributed by atoms with van der Waals surface area (Å²) in [4.78, 5) is 14.0. The quantitative estimate of drug-likeness (QED) is 0.478. The highest BCUT2D eigenvalue weighted by molar-refractivity contribution is 7.89. The van der Waals surface area contributed by atoms with E-state index in [9.17, 15) is 22.9 Å². The van der Waals surface area contributed by atoms with Gasteiger partial charge in [-0.3, -0.25) is 10.1 Å². The highest BCUT2D eigenvalue weighted by Crippen LogP contribution is 2.24. The number of aromatic nitrogens is 1. The molecule has 0 saturated carbocycles. The van der Waals surface area contributed by atoms with Gasteiger partial charge in [0, 0.05) is 36.5 Å². The molecule has 0 saturated heterocycles. The maximum absolute atomic E-state index is 13.3. The summed E-state index contributed by atoms with van der Waals surface area (Å²) in [6, 6.07) is 13.2. The van der Waals surface area contributed by atoms with Crippen LogP contribution in [-0.4, -0.2) is 18.3 Å². The van der Waals surface area contributed by atoms with Crippen molar-refractivity contribution in [3.05, 3.63) is 88.4 Å². The zero-order valence-electron chi connectivity index (χ0n) is 14.3. The van der Waals surface area contributed by atoms with Gasteiger partial charge in [-0.25, -0.2) is 22.5 Å². The van der Waals surface area contributed by atoms with Gasteiger partial charge in [0.1, 0.15) is 11.6 Å². The molecule has 0 unspecified atom stereocenters. The molecule has 1 N–H and O–H groups in total. The SMILES string of the molecule is O=[N+]([O-])c1ccc(S(=O)(=O)NCc2cccnc2Oc2cccc(F)c2)cc1. The number of rotatable bonds is 7. The molecule has 8 nitrogen and oxygen atoms in total. The predicted octanol–water partition coefficient (Wildman–Crippen LogP) is 3.40. The number of ether oxygens (including phenoxy) is 1. The second-order valence-corrected chi connectivity index (χ2v) is 7.37. The second kappa shape index (κ2) is 8.11. The number of nitro benzene ring substituents is 1. The lowest BCUT2D eigenvalue weighted by molar-refractivity contribution is -0.384. The standard InChI is InChI=1S/C18H14FN3O5S/c19-14-4-1-5-16(11-14)27-18-13(3-2-10-20-18)12-21-28(25,26)17-8-6-15(7-9-17)22(23)24/h1-11,21H,12H2. The Hall–Kier alpha value is -3.37. The largest absolute Gasteiger partial charge is 0.439 e. The second-order valence-electron chi connectivity index (χ2n) is 5.60. The first-order chi connectivity index (χ1) is 13.3. The molecule has 28 heavy (non-hydrogen) atoms. The van der Waals surface area contributed by atoms with E-state index >= 15 is 0 Å².